The molecule has 0 aliphatic carbocycles. The normalized spacial score (nSPS) is 15.7. The molecular weight excluding hydrogens is 487 g/mol. The SMILES string of the molecule is Cc1cccc(N2C(=O)c3cc(I)ccc3N[C@@H]2c2c(O)ccc3ccccc23)c1. The maximum atomic E-state index is 13.7. The van der Waals surface area contributed by atoms with E-state index in [4.69, 9.17) is 0 Å². The number of phenols is 1. The van der Waals surface area contributed by atoms with Gasteiger partial charge in [0.15, 0.2) is 0 Å². The maximum Gasteiger partial charge on any atom is 0.262 e. The number of amides is 1. The first kappa shape index (κ1) is 18.9. The number of phenolic OH excluding ortho intramolecular Hbond substituents is 1. The van der Waals surface area contributed by atoms with Gasteiger partial charge in [-0.25, -0.2) is 0 Å². The number of hydrogen-bond donors (Lipinski definition) is 2. The second-order valence-corrected chi connectivity index (χ2v) is 8.72. The minimum absolute atomic E-state index is 0.0924. The van der Waals surface area contributed by atoms with Gasteiger partial charge in [0.2, 0.25) is 0 Å². The zero-order chi connectivity index (χ0) is 20.8. The Bertz CT molecular complexity index is 1300. The molecular formula is C25H19IN2O2. The van der Waals surface area contributed by atoms with Crippen molar-refractivity contribution in [3.05, 3.63) is 99.1 Å². The number of fused-ring (bicyclic) bond motifs is 2. The summed E-state index contributed by atoms with van der Waals surface area (Å²) in [5.74, 6) is 0.0656. The van der Waals surface area contributed by atoms with Gasteiger partial charge in [0.25, 0.3) is 5.91 Å². The number of benzene rings is 4. The minimum Gasteiger partial charge on any atom is -0.507 e. The summed E-state index contributed by atoms with van der Waals surface area (Å²) in [6.45, 7) is 2.01. The Hall–Kier alpha value is -3.06. The van der Waals surface area contributed by atoms with Crippen LogP contribution in [0.25, 0.3) is 10.8 Å². The van der Waals surface area contributed by atoms with Gasteiger partial charge in [0, 0.05) is 20.5 Å². The number of anilines is 2. The first-order valence-electron chi connectivity index (χ1n) is 9.70. The third-order valence-corrected chi connectivity index (χ3v) is 6.15. The van der Waals surface area contributed by atoms with Crippen molar-refractivity contribution >= 4 is 50.6 Å². The lowest BCUT2D eigenvalue weighted by Crippen LogP contribution is -2.43. The van der Waals surface area contributed by atoms with Gasteiger partial charge in [0.05, 0.1) is 5.56 Å². The molecule has 5 rings (SSSR count). The molecule has 1 heterocycles. The molecule has 1 aliphatic heterocycles. The largest absolute Gasteiger partial charge is 0.507 e. The third kappa shape index (κ3) is 3.10. The molecule has 0 saturated heterocycles. The summed E-state index contributed by atoms with van der Waals surface area (Å²) in [4.78, 5) is 15.5. The van der Waals surface area contributed by atoms with E-state index in [1.54, 1.807) is 11.0 Å². The third-order valence-electron chi connectivity index (χ3n) is 5.48. The summed E-state index contributed by atoms with van der Waals surface area (Å²) in [7, 11) is 0. The average Bonchev–Trinajstić information content (AvgIpc) is 2.74. The zero-order valence-electron chi connectivity index (χ0n) is 16.3. The van der Waals surface area contributed by atoms with Crippen LogP contribution in [0.3, 0.4) is 0 Å². The Kier molecular flexibility index (Phi) is 4.62. The number of carbonyl (C=O) groups is 1. The number of halogens is 1. The Labute approximate surface area is 188 Å². The van der Waals surface area contributed by atoms with Gasteiger partial charge >= 0.3 is 0 Å². The van der Waals surface area contributed by atoms with Crippen molar-refractivity contribution in [1.29, 1.82) is 0 Å². The zero-order valence-corrected chi connectivity index (χ0v) is 18.4. The molecule has 0 unspecified atom stereocenters. The minimum atomic E-state index is -0.544. The second kappa shape index (κ2) is 7.32. The van der Waals surface area contributed by atoms with Gasteiger partial charge < -0.3 is 10.4 Å². The van der Waals surface area contributed by atoms with E-state index in [1.807, 2.05) is 79.7 Å². The fraction of sp³-hybridized carbons (Fsp3) is 0.0800. The maximum absolute atomic E-state index is 13.7. The van der Waals surface area contributed by atoms with E-state index in [1.165, 1.54) is 0 Å². The lowest BCUT2D eigenvalue weighted by Gasteiger charge is -2.39. The van der Waals surface area contributed by atoms with Crippen LogP contribution in [0, 0.1) is 10.5 Å². The van der Waals surface area contributed by atoms with E-state index >= 15 is 0 Å². The molecule has 30 heavy (non-hydrogen) atoms. The van der Waals surface area contributed by atoms with Gasteiger partial charge in [-0.05, 0) is 82.2 Å². The summed E-state index contributed by atoms with van der Waals surface area (Å²) in [6.07, 6.45) is -0.544. The van der Waals surface area contributed by atoms with E-state index < -0.39 is 6.17 Å². The van der Waals surface area contributed by atoms with Crippen molar-refractivity contribution in [2.75, 3.05) is 10.2 Å². The highest BCUT2D eigenvalue weighted by molar-refractivity contribution is 14.1. The number of nitrogens with one attached hydrogen (secondary N) is 1. The number of hydrogen-bond acceptors (Lipinski definition) is 3. The van der Waals surface area contributed by atoms with Gasteiger partial charge in [-0.1, -0.05) is 42.5 Å². The van der Waals surface area contributed by atoms with Gasteiger partial charge in [0.1, 0.15) is 11.9 Å². The molecule has 1 aliphatic rings. The first-order chi connectivity index (χ1) is 14.5. The molecule has 5 heteroatoms. The van der Waals surface area contributed by atoms with E-state index in [2.05, 4.69) is 27.9 Å². The van der Waals surface area contributed by atoms with Crippen molar-refractivity contribution in [1.82, 2.24) is 0 Å². The van der Waals surface area contributed by atoms with Gasteiger partial charge in [-0.2, -0.15) is 0 Å². The molecule has 0 radical (unpaired) electrons. The molecule has 0 bridgehead atoms. The van der Waals surface area contributed by atoms with E-state index in [0.29, 0.717) is 11.1 Å². The highest BCUT2D eigenvalue weighted by Crippen LogP contribution is 2.42. The number of nitrogens with zero attached hydrogens (tertiary/aromatic N) is 1. The quantitative estimate of drug-likeness (QED) is 0.317. The molecule has 4 aromatic carbocycles. The van der Waals surface area contributed by atoms with Crippen LogP contribution in [0.2, 0.25) is 0 Å². The predicted octanol–water partition coefficient (Wildman–Crippen LogP) is 6.23. The van der Waals surface area contributed by atoms with Crippen LogP contribution >= 0.6 is 22.6 Å². The van der Waals surface area contributed by atoms with Crippen LogP contribution < -0.4 is 10.2 Å². The molecule has 2 N–H and O–H groups in total. The molecule has 148 valence electrons. The Morgan fingerprint density at radius 1 is 0.967 bits per heavy atom. The van der Waals surface area contributed by atoms with Crippen LogP contribution in [0.5, 0.6) is 5.75 Å². The highest BCUT2D eigenvalue weighted by Gasteiger charge is 2.36. The molecule has 0 fully saturated rings. The van der Waals surface area contributed by atoms with Gasteiger partial charge in [-0.15, -0.1) is 0 Å². The number of carbonyl (C=O) groups excluding carboxylic acids is 1. The van der Waals surface area contributed by atoms with Crippen molar-refractivity contribution < 1.29 is 9.90 Å². The number of aromatic hydroxyl groups is 1. The molecule has 1 amide bonds. The fourth-order valence-electron chi connectivity index (χ4n) is 4.10. The number of rotatable bonds is 2. The molecule has 4 nitrogen and oxygen atoms in total. The fourth-order valence-corrected chi connectivity index (χ4v) is 4.59. The standard InChI is InChI=1S/C25H19IN2O2/c1-15-5-4-7-18(13-15)28-24(27-21-11-10-17(26)14-20(21)25(28)30)23-19-8-3-2-6-16(19)9-12-22(23)29/h2-14,24,27,29H,1H3/t24-/m0/s1. The van der Waals surface area contributed by atoms with E-state index in [-0.39, 0.29) is 11.7 Å². The summed E-state index contributed by atoms with van der Waals surface area (Å²) < 4.78 is 0.997. The Balaban J connectivity index is 1.78. The average molecular weight is 506 g/mol. The second-order valence-electron chi connectivity index (χ2n) is 7.47. The van der Waals surface area contributed by atoms with Crippen LogP contribution in [-0.4, -0.2) is 11.0 Å². The van der Waals surface area contributed by atoms with Crippen LogP contribution in [0.1, 0.15) is 27.7 Å². The highest BCUT2D eigenvalue weighted by atomic mass is 127. The lowest BCUT2D eigenvalue weighted by atomic mass is 9.96. The van der Waals surface area contributed by atoms with E-state index in [0.717, 1.165) is 31.3 Å². The Morgan fingerprint density at radius 3 is 2.63 bits per heavy atom. The molecule has 1 atom stereocenters. The van der Waals surface area contributed by atoms with E-state index in [9.17, 15) is 9.90 Å². The lowest BCUT2D eigenvalue weighted by molar-refractivity contribution is 0.0975. The van der Waals surface area contributed by atoms with Crippen LogP contribution in [0.4, 0.5) is 11.4 Å². The summed E-state index contributed by atoms with van der Waals surface area (Å²) in [5.41, 5.74) is 3.93. The van der Waals surface area contributed by atoms with Crippen LogP contribution in [-0.2, 0) is 0 Å². The van der Waals surface area contributed by atoms with Crippen molar-refractivity contribution in [3.63, 3.8) is 0 Å². The summed E-state index contributed by atoms with van der Waals surface area (Å²) >= 11 is 2.22. The van der Waals surface area contributed by atoms with Gasteiger partial charge in [-0.3, -0.25) is 9.69 Å². The van der Waals surface area contributed by atoms with Crippen molar-refractivity contribution in [2.24, 2.45) is 0 Å². The topological polar surface area (TPSA) is 52.6 Å². The summed E-state index contributed by atoms with van der Waals surface area (Å²) in [5, 5.41) is 16.3. The monoisotopic (exact) mass is 506 g/mol. The van der Waals surface area contributed by atoms with Crippen molar-refractivity contribution in [3.8, 4) is 5.75 Å². The molecule has 4 aromatic rings. The molecule has 0 spiro atoms. The first-order valence-corrected chi connectivity index (χ1v) is 10.8. The summed E-state index contributed by atoms with van der Waals surface area (Å²) in [6, 6.07) is 25.2. The smallest absolute Gasteiger partial charge is 0.262 e. The Morgan fingerprint density at radius 2 is 1.80 bits per heavy atom. The molecule has 0 saturated carbocycles. The number of aryl methyl sites for hydroxylation is 1. The predicted molar refractivity (Wildman–Crippen MR) is 129 cm³/mol. The molecule has 0 aromatic heterocycles. The van der Waals surface area contributed by atoms with Crippen LogP contribution in [0.15, 0.2) is 78.9 Å². The van der Waals surface area contributed by atoms with Crippen molar-refractivity contribution in [2.45, 2.75) is 13.1 Å².